The van der Waals surface area contributed by atoms with Crippen molar-refractivity contribution < 1.29 is 27.5 Å². The standard InChI is InChI=1S/C22H20F3N3O3/c1-13-10-14(2)28(27-13)18-9-8-17(19(11-18)22(23,24)25)12-26-20(29)15-4-6-16(7-5-15)21(30)31-3/h4-11H,12H2,1-3H3,(H,26,29). The number of aryl methyl sites for hydroxylation is 2. The van der Waals surface area contributed by atoms with E-state index in [1.165, 1.54) is 48.2 Å². The molecular weight excluding hydrogens is 411 g/mol. The molecule has 1 heterocycles. The van der Waals surface area contributed by atoms with Crippen LogP contribution in [0.3, 0.4) is 0 Å². The molecule has 0 radical (unpaired) electrons. The Morgan fingerprint density at radius 2 is 1.68 bits per heavy atom. The van der Waals surface area contributed by atoms with Gasteiger partial charge in [-0.1, -0.05) is 6.07 Å². The van der Waals surface area contributed by atoms with E-state index in [9.17, 15) is 22.8 Å². The van der Waals surface area contributed by atoms with E-state index in [0.29, 0.717) is 11.4 Å². The summed E-state index contributed by atoms with van der Waals surface area (Å²) in [7, 11) is 1.24. The average molecular weight is 431 g/mol. The van der Waals surface area contributed by atoms with Crippen LogP contribution in [0.2, 0.25) is 0 Å². The maximum absolute atomic E-state index is 13.7. The van der Waals surface area contributed by atoms with Crippen LogP contribution in [0.25, 0.3) is 5.69 Å². The molecule has 3 aromatic rings. The van der Waals surface area contributed by atoms with Crippen LogP contribution >= 0.6 is 0 Å². The van der Waals surface area contributed by atoms with Gasteiger partial charge in [-0.3, -0.25) is 4.79 Å². The van der Waals surface area contributed by atoms with Gasteiger partial charge < -0.3 is 10.1 Å². The molecule has 0 atom stereocenters. The molecule has 0 aliphatic rings. The summed E-state index contributed by atoms with van der Waals surface area (Å²) in [6.45, 7) is 3.20. The average Bonchev–Trinajstić information content (AvgIpc) is 3.08. The first-order valence-electron chi connectivity index (χ1n) is 9.30. The summed E-state index contributed by atoms with van der Waals surface area (Å²) >= 11 is 0. The van der Waals surface area contributed by atoms with Crippen LogP contribution in [0, 0.1) is 13.8 Å². The number of methoxy groups -OCH3 is 1. The second-order valence-electron chi connectivity index (χ2n) is 6.93. The third-order valence-corrected chi connectivity index (χ3v) is 4.66. The van der Waals surface area contributed by atoms with Crippen LogP contribution in [0.5, 0.6) is 0 Å². The molecule has 31 heavy (non-hydrogen) atoms. The van der Waals surface area contributed by atoms with Crippen molar-refractivity contribution in [1.29, 1.82) is 0 Å². The maximum Gasteiger partial charge on any atom is 0.416 e. The van der Waals surface area contributed by atoms with Gasteiger partial charge in [-0.05, 0) is 61.9 Å². The van der Waals surface area contributed by atoms with E-state index in [1.54, 1.807) is 19.9 Å². The van der Waals surface area contributed by atoms with Crippen molar-refractivity contribution in [3.8, 4) is 5.69 Å². The van der Waals surface area contributed by atoms with Crippen LogP contribution in [0.1, 0.15) is 43.2 Å². The molecule has 0 saturated carbocycles. The number of ether oxygens (including phenoxy) is 1. The molecule has 3 rings (SSSR count). The maximum atomic E-state index is 13.7. The van der Waals surface area contributed by atoms with Crippen LogP contribution < -0.4 is 5.32 Å². The Morgan fingerprint density at radius 1 is 1.03 bits per heavy atom. The minimum atomic E-state index is -4.60. The first kappa shape index (κ1) is 22.1. The molecule has 0 aliphatic heterocycles. The molecule has 9 heteroatoms. The van der Waals surface area contributed by atoms with Gasteiger partial charge in [0.25, 0.3) is 5.91 Å². The second kappa shape index (κ2) is 8.63. The highest BCUT2D eigenvalue weighted by Crippen LogP contribution is 2.33. The van der Waals surface area contributed by atoms with Gasteiger partial charge in [0.05, 0.1) is 29.6 Å². The van der Waals surface area contributed by atoms with E-state index in [4.69, 9.17) is 0 Å². The monoisotopic (exact) mass is 431 g/mol. The predicted molar refractivity (Wildman–Crippen MR) is 107 cm³/mol. The molecule has 0 spiro atoms. The van der Waals surface area contributed by atoms with Crippen LogP contribution in [0.15, 0.2) is 48.5 Å². The van der Waals surface area contributed by atoms with E-state index < -0.39 is 23.6 Å². The number of alkyl halides is 3. The number of benzene rings is 2. The molecule has 0 bridgehead atoms. The molecule has 2 aromatic carbocycles. The Labute approximate surface area is 176 Å². The minimum Gasteiger partial charge on any atom is -0.465 e. The van der Waals surface area contributed by atoms with E-state index in [2.05, 4.69) is 15.2 Å². The van der Waals surface area contributed by atoms with Crippen molar-refractivity contribution in [3.05, 3.63) is 82.2 Å². The number of halogens is 3. The summed E-state index contributed by atoms with van der Waals surface area (Å²) in [6.07, 6.45) is -4.60. The zero-order valence-corrected chi connectivity index (χ0v) is 17.1. The molecule has 162 valence electrons. The van der Waals surface area contributed by atoms with Gasteiger partial charge in [0.15, 0.2) is 0 Å². The van der Waals surface area contributed by atoms with Crippen molar-refractivity contribution in [2.75, 3.05) is 7.11 Å². The summed E-state index contributed by atoms with van der Waals surface area (Å²) in [5, 5.41) is 6.71. The van der Waals surface area contributed by atoms with Crippen molar-refractivity contribution in [2.45, 2.75) is 26.6 Å². The summed E-state index contributed by atoms with van der Waals surface area (Å²) in [6, 6.07) is 11.3. The fourth-order valence-electron chi connectivity index (χ4n) is 3.16. The molecule has 0 saturated heterocycles. The normalized spacial score (nSPS) is 11.3. The quantitative estimate of drug-likeness (QED) is 0.614. The van der Waals surface area contributed by atoms with Gasteiger partial charge >= 0.3 is 12.1 Å². The van der Waals surface area contributed by atoms with E-state index in [1.807, 2.05) is 0 Å². The van der Waals surface area contributed by atoms with Crippen molar-refractivity contribution in [3.63, 3.8) is 0 Å². The molecule has 0 aliphatic carbocycles. The Hall–Kier alpha value is -3.62. The zero-order chi connectivity index (χ0) is 22.8. The molecule has 6 nitrogen and oxygen atoms in total. The van der Waals surface area contributed by atoms with Crippen LogP contribution in [0.4, 0.5) is 13.2 Å². The third kappa shape index (κ3) is 4.93. The summed E-state index contributed by atoms with van der Waals surface area (Å²) < 4.78 is 47.0. The molecule has 1 amide bonds. The lowest BCUT2D eigenvalue weighted by Gasteiger charge is -2.16. The zero-order valence-electron chi connectivity index (χ0n) is 17.1. The number of rotatable bonds is 5. The first-order valence-corrected chi connectivity index (χ1v) is 9.30. The fourth-order valence-corrected chi connectivity index (χ4v) is 3.16. The molecule has 0 fully saturated rings. The highest BCUT2D eigenvalue weighted by molar-refractivity contribution is 5.96. The lowest BCUT2D eigenvalue weighted by atomic mass is 10.1. The Morgan fingerprint density at radius 3 is 2.23 bits per heavy atom. The minimum absolute atomic E-state index is 0.0719. The highest BCUT2D eigenvalue weighted by Gasteiger charge is 2.34. The highest BCUT2D eigenvalue weighted by atomic mass is 19.4. The number of nitrogens with zero attached hydrogens (tertiary/aromatic N) is 2. The van der Waals surface area contributed by atoms with Crippen molar-refractivity contribution in [2.24, 2.45) is 0 Å². The fraction of sp³-hybridized carbons (Fsp3) is 0.227. The predicted octanol–water partition coefficient (Wildman–Crippen LogP) is 4.22. The van der Waals surface area contributed by atoms with Crippen LogP contribution in [-0.4, -0.2) is 28.8 Å². The number of aromatic nitrogens is 2. The van der Waals surface area contributed by atoms with Gasteiger partial charge in [0, 0.05) is 17.8 Å². The van der Waals surface area contributed by atoms with Gasteiger partial charge in [0.2, 0.25) is 0 Å². The Kier molecular flexibility index (Phi) is 6.14. The Bertz CT molecular complexity index is 1120. The lowest BCUT2D eigenvalue weighted by Crippen LogP contribution is -2.24. The summed E-state index contributed by atoms with van der Waals surface area (Å²) in [5.41, 5.74) is 1.24. The van der Waals surface area contributed by atoms with E-state index >= 15 is 0 Å². The molecular formula is C22H20F3N3O3. The number of carbonyl (C=O) groups excluding carboxylic acids is 2. The van der Waals surface area contributed by atoms with E-state index in [-0.39, 0.29) is 28.9 Å². The van der Waals surface area contributed by atoms with Crippen molar-refractivity contribution >= 4 is 11.9 Å². The van der Waals surface area contributed by atoms with Crippen LogP contribution in [-0.2, 0) is 17.5 Å². The number of hydrogen-bond donors (Lipinski definition) is 1. The number of hydrogen-bond acceptors (Lipinski definition) is 4. The van der Waals surface area contributed by atoms with E-state index in [0.717, 1.165) is 6.07 Å². The Balaban J connectivity index is 1.81. The summed E-state index contributed by atoms with van der Waals surface area (Å²) in [5.74, 6) is -1.11. The van der Waals surface area contributed by atoms with Gasteiger partial charge in [-0.15, -0.1) is 0 Å². The first-order chi connectivity index (χ1) is 14.6. The van der Waals surface area contributed by atoms with Gasteiger partial charge in [0.1, 0.15) is 0 Å². The number of esters is 1. The molecule has 1 N–H and O–H groups in total. The second-order valence-corrected chi connectivity index (χ2v) is 6.93. The topological polar surface area (TPSA) is 73.2 Å². The van der Waals surface area contributed by atoms with Gasteiger partial charge in [-0.2, -0.15) is 18.3 Å². The largest absolute Gasteiger partial charge is 0.465 e. The number of carbonyl (C=O) groups is 2. The van der Waals surface area contributed by atoms with Gasteiger partial charge in [-0.25, -0.2) is 9.48 Å². The lowest BCUT2D eigenvalue weighted by molar-refractivity contribution is -0.138. The number of nitrogens with one attached hydrogen (secondary N) is 1. The third-order valence-electron chi connectivity index (χ3n) is 4.66. The molecule has 1 aromatic heterocycles. The SMILES string of the molecule is COC(=O)c1ccc(C(=O)NCc2ccc(-n3nc(C)cc3C)cc2C(F)(F)F)cc1. The smallest absolute Gasteiger partial charge is 0.416 e. The number of amides is 1. The van der Waals surface area contributed by atoms with Crippen molar-refractivity contribution in [1.82, 2.24) is 15.1 Å². The summed E-state index contributed by atoms with van der Waals surface area (Å²) in [4.78, 5) is 23.8. The molecule has 0 unspecified atom stereocenters.